The first-order valence-corrected chi connectivity index (χ1v) is 11.8. The van der Waals surface area contributed by atoms with Crippen LogP contribution in [0.4, 0.5) is 5.69 Å². The van der Waals surface area contributed by atoms with Gasteiger partial charge in [-0.2, -0.15) is 0 Å². The molecule has 0 aromatic heterocycles. The summed E-state index contributed by atoms with van der Waals surface area (Å²) in [6.45, 7) is 7.93. The van der Waals surface area contributed by atoms with Crippen molar-refractivity contribution in [1.82, 2.24) is 0 Å². The molecule has 1 aliphatic rings. The van der Waals surface area contributed by atoms with Crippen LogP contribution in [0.25, 0.3) is 10.8 Å². The van der Waals surface area contributed by atoms with Gasteiger partial charge in [-0.3, -0.25) is 14.4 Å². The molecule has 0 saturated carbocycles. The van der Waals surface area contributed by atoms with E-state index in [0.717, 1.165) is 16.3 Å². The van der Waals surface area contributed by atoms with Crippen LogP contribution in [0.15, 0.2) is 54.6 Å². The maximum Gasteiger partial charge on any atom is 0.306 e. The summed E-state index contributed by atoms with van der Waals surface area (Å²) in [5.74, 6) is -1.59. The molecule has 1 amide bonds. The molecule has 1 heterocycles. The van der Waals surface area contributed by atoms with E-state index in [0.29, 0.717) is 28.4 Å². The number of nitrogens with zero attached hydrogens (tertiary/aromatic N) is 1. The summed E-state index contributed by atoms with van der Waals surface area (Å²) < 4.78 is 6.34. The van der Waals surface area contributed by atoms with Gasteiger partial charge in [0.25, 0.3) is 5.91 Å². The number of anilines is 1. The summed E-state index contributed by atoms with van der Waals surface area (Å²) in [4.78, 5) is 39.2. The van der Waals surface area contributed by atoms with Gasteiger partial charge in [-0.15, -0.1) is 0 Å². The van der Waals surface area contributed by atoms with E-state index in [1.54, 1.807) is 29.2 Å². The zero-order valence-electron chi connectivity index (χ0n) is 20.2. The number of ketones is 1. The number of amides is 1. The summed E-state index contributed by atoms with van der Waals surface area (Å²) in [6, 6.07) is 16.3. The van der Waals surface area contributed by atoms with Gasteiger partial charge in [-0.25, -0.2) is 0 Å². The van der Waals surface area contributed by atoms with Crippen molar-refractivity contribution in [2.75, 3.05) is 11.4 Å². The average molecular weight is 494 g/mol. The highest BCUT2D eigenvalue weighted by Crippen LogP contribution is 2.43. The molecule has 4 rings (SSSR count). The van der Waals surface area contributed by atoms with Crippen LogP contribution in [-0.4, -0.2) is 35.4 Å². The fourth-order valence-electron chi connectivity index (χ4n) is 4.61. The molecule has 0 unspecified atom stereocenters. The minimum Gasteiger partial charge on any atom is -0.481 e. The first-order valence-electron chi connectivity index (χ1n) is 11.5. The predicted octanol–water partition coefficient (Wildman–Crippen LogP) is 6.04. The summed E-state index contributed by atoms with van der Waals surface area (Å²) in [5.41, 5.74) is 2.36. The SMILES string of the molecule is CC(=O)c1cccc2c([C@@H]3O[C@@H](CC(=O)O)C(=O)N(CC(C)(C)C)c4ccc(Cl)cc43)cccc12. The molecule has 0 fully saturated rings. The Morgan fingerprint density at radius 3 is 2.37 bits per heavy atom. The van der Waals surface area contributed by atoms with Gasteiger partial charge in [0.05, 0.1) is 6.42 Å². The molecule has 0 spiro atoms. The van der Waals surface area contributed by atoms with Crippen LogP contribution in [-0.2, 0) is 14.3 Å². The second-order valence-corrected chi connectivity index (χ2v) is 10.5. The molecule has 6 nitrogen and oxygen atoms in total. The zero-order chi connectivity index (χ0) is 25.5. The van der Waals surface area contributed by atoms with Crippen LogP contribution < -0.4 is 4.90 Å². The summed E-state index contributed by atoms with van der Waals surface area (Å²) in [5, 5.41) is 11.6. The van der Waals surface area contributed by atoms with Crippen molar-refractivity contribution in [3.8, 4) is 0 Å². The molecule has 3 aromatic rings. The number of carbonyl (C=O) groups is 3. The summed E-state index contributed by atoms with van der Waals surface area (Å²) >= 11 is 6.41. The summed E-state index contributed by atoms with van der Waals surface area (Å²) in [6.07, 6.45) is -2.44. The van der Waals surface area contributed by atoms with E-state index in [4.69, 9.17) is 16.3 Å². The Labute approximate surface area is 209 Å². The molecule has 7 heteroatoms. The summed E-state index contributed by atoms with van der Waals surface area (Å²) in [7, 11) is 0. The maximum absolute atomic E-state index is 13.7. The Morgan fingerprint density at radius 1 is 1.03 bits per heavy atom. The number of benzene rings is 3. The van der Waals surface area contributed by atoms with Crippen LogP contribution in [0.1, 0.15) is 61.7 Å². The Hall–Kier alpha value is -3.22. The molecule has 35 heavy (non-hydrogen) atoms. The third kappa shape index (κ3) is 5.09. The minimum atomic E-state index is -1.20. The largest absolute Gasteiger partial charge is 0.481 e. The highest BCUT2D eigenvalue weighted by Gasteiger charge is 2.39. The van der Waals surface area contributed by atoms with Crippen LogP contribution in [0, 0.1) is 5.41 Å². The average Bonchev–Trinajstić information content (AvgIpc) is 2.87. The topological polar surface area (TPSA) is 83.9 Å². The van der Waals surface area contributed by atoms with E-state index in [2.05, 4.69) is 0 Å². The molecular formula is C28H28ClNO5. The maximum atomic E-state index is 13.7. The number of aliphatic carboxylic acids is 1. The molecule has 0 saturated heterocycles. The monoisotopic (exact) mass is 493 g/mol. The molecule has 182 valence electrons. The van der Waals surface area contributed by atoms with E-state index in [1.165, 1.54) is 6.92 Å². The van der Waals surface area contributed by atoms with Crippen molar-refractivity contribution in [3.63, 3.8) is 0 Å². The van der Waals surface area contributed by atoms with Gasteiger partial charge in [0.15, 0.2) is 5.78 Å². The van der Waals surface area contributed by atoms with Gasteiger partial charge in [0.1, 0.15) is 12.2 Å². The van der Waals surface area contributed by atoms with Gasteiger partial charge in [0.2, 0.25) is 0 Å². The number of carbonyl (C=O) groups excluding carboxylic acids is 2. The van der Waals surface area contributed by atoms with Crippen molar-refractivity contribution < 1.29 is 24.2 Å². The lowest BCUT2D eigenvalue weighted by Crippen LogP contribution is -2.44. The van der Waals surface area contributed by atoms with Gasteiger partial charge in [-0.1, -0.05) is 68.8 Å². The van der Waals surface area contributed by atoms with Crippen LogP contribution in [0.3, 0.4) is 0 Å². The van der Waals surface area contributed by atoms with Gasteiger partial charge < -0.3 is 14.7 Å². The van der Waals surface area contributed by atoms with E-state index >= 15 is 0 Å². The van der Waals surface area contributed by atoms with Crippen molar-refractivity contribution in [1.29, 1.82) is 0 Å². The van der Waals surface area contributed by atoms with Crippen molar-refractivity contribution in [2.24, 2.45) is 5.41 Å². The minimum absolute atomic E-state index is 0.0618. The van der Waals surface area contributed by atoms with Crippen molar-refractivity contribution in [2.45, 2.75) is 46.3 Å². The second-order valence-electron chi connectivity index (χ2n) is 10.1. The Morgan fingerprint density at radius 2 is 1.71 bits per heavy atom. The number of hydrogen-bond donors (Lipinski definition) is 1. The second kappa shape index (κ2) is 9.44. The zero-order valence-corrected chi connectivity index (χ0v) is 20.9. The highest BCUT2D eigenvalue weighted by atomic mass is 35.5. The van der Waals surface area contributed by atoms with Crippen LogP contribution in [0.2, 0.25) is 5.02 Å². The highest BCUT2D eigenvalue weighted by molar-refractivity contribution is 6.30. The Kier molecular flexibility index (Phi) is 6.71. The predicted molar refractivity (Wildman–Crippen MR) is 136 cm³/mol. The standard InChI is InChI=1S/C28H28ClNO5/c1-16(31)18-7-5-9-20-19(18)8-6-10-21(20)26-22-13-17(29)11-12-23(22)30(15-28(2,3)4)27(34)24(35-26)14-25(32)33/h5-13,24,26H,14-15H2,1-4H3,(H,32,33)/t24-,26-/m0/s1. The smallest absolute Gasteiger partial charge is 0.306 e. The lowest BCUT2D eigenvalue weighted by molar-refractivity contribution is -0.147. The number of hydrogen-bond acceptors (Lipinski definition) is 4. The number of carboxylic acid groups (broad SMARTS) is 1. The van der Waals surface area contributed by atoms with Crippen LogP contribution >= 0.6 is 11.6 Å². The Balaban J connectivity index is 1.99. The number of halogens is 1. The number of Topliss-reactive ketones (excluding diaryl/α,β-unsaturated/α-hetero) is 1. The van der Waals surface area contributed by atoms with E-state index in [9.17, 15) is 19.5 Å². The number of carboxylic acids is 1. The van der Waals surface area contributed by atoms with E-state index in [-0.39, 0.29) is 11.2 Å². The molecule has 3 aromatic carbocycles. The molecule has 2 atom stereocenters. The molecule has 0 aliphatic carbocycles. The van der Waals surface area contributed by atoms with Crippen molar-refractivity contribution in [3.05, 3.63) is 76.3 Å². The van der Waals surface area contributed by atoms with Crippen molar-refractivity contribution >= 4 is 45.7 Å². The number of rotatable bonds is 5. The first-order chi connectivity index (χ1) is 16.5. The van der Waals surface area contributed by atoms with E-state index in [1.807, 2.05) is 51.1 Å². The fraction of sp³-hybridized carbons (Fsp3) is 0.321. The third-order valence-corrected chi connectivity index (χ3v) is 6.25. The fourth-order valence-corrected chi connectivity index (χ4v) is 4.79. The van der Waals surface area contributed by atoms with Gasteiger partial charge in [0, 0.05) is 28.4 Å². The third-order valence-electron chi connectivity index (χ3n) is 6.01. The molecule has 1 aliphatic heterocycles. The first kappa shape index (κ1) is 24.9. The molecule has 0 bridgehead atoms. The van der Waals surface area contributed by atoms with Gasteiger partial charge in [-0.05, 0) is 46.9 Å². The Bertz CT molecular complexity index is 1330. The lowest BCUT2D eigenvalue weighted by Gasteiger charge is -2.31. The lowest BCUT2D eigenvalue weighted by atomic mass is 9.91. The molecule has 1 N–H and O–H groups in total. The molecule has 0 radical (unpaired) electrons. The van der Waals surface area contributed by atoms with Gasteiger partial charge >= 0.3 is 5.97 Å². The number of fused-ring (bicyclic) bond motifs is 2. The number of ether oxygens (including phenoxy) is 1. The van der Waals surface area contributed by atoms with Crippen LogP contribution in [0.5, 0.6) is 0 Å². The van der Waals surface area contributed by atoms with E-state index < -0.39 is 30.5 Å². The normalized spacial score (nSPS) is 18.3. The quantitative estimate of drug-likeness (QED) is 0.438. The molecular weight excluding hydrogens is 466 g/mol.